The van der Waals surface area contributed by atoms with Gasteiger partial charge in [0, 0.05) is 26.2 Å². The first-order valence-electron chi connectivity index (χ1n) is 7.70. The largest absolute Gasteiger partial charge is 0.379 e. The average Bonchev–Trinajstić information content (AvgIpc) is 2.44. The van der Waals surface area contributed by atoms with Crippen LogP contribution in [0, 0.1) is 20.8 Å². The Bertz CT molecular complexity index is 471. The number of hydrogen-bond donors (Lipinski definition) is 1. The Morgan fingerprint density at radius 1 is 1.19 bits per heavy atom. The van der Waals surface area contributed by atoms with Gasteiger partial charge < -0.3 is 10.1 Å². The minimum absolute atomic E-state index is 0.110. The van der Waals surface area contributed by atoms with Crippen LogP contribution in [0.5, 0.6) is 0 Å². The van der Waals surface area contributed by atoms with Crippen molar-refractivity contribution in [3.05, 3.63) is 34.4 Å². The van der Waals surface area contributed by atoms with Crippen LogP contribution in [0.4, 0.5) is 0 Å². The lowest BCUT2D eigenvalue weighted by molar-refractivity contribution is -0.120. The third kappa shape index (κ3) is 4.83. The van der Waals surface area contributed by atoms with Crippen molar-refractivity contribution in [1.82, 2.24) is 10.2 Å². The molecule has 0 atom stereocenters. The van der Waals surface area contributed by atoms with E-state index in [9.17, 15) is 4.79 Å². The summed E-state index contributed by atoms with van der Waals surface area (Å²) >= 11 is 0. The predicted molar refractivity (Wildman–Crippen MR) is 84.6 cm³/mol. The lowest BCUT2D eigenvalue weighted by Gasteiger charge is -2.26. The number of nitrogens with one attached hydrogen (secondary N) is 1. The lowest BCUT2D eigenvalue weighted by Crippen LogP contribution is -2.41. The quantitative estimate of drug-likeness (QED) is 0.895. The van der Waals surface area contributed by atoms with E-state index in [1.807, 2.05) is 0 Å². The average molecular weight is 290 g/mol. The Hall–Kier alpha value is -1.39. The SMILES string of the molecule is Cc1cc(C)c(CC(=O)NCCN2CCOCC2)c(C)c1. The maximum atomic E-state index is 12.1. The van der Waals surface area contributed by atoms with Gasteiger partial charge >= 0.3 is 0 Å². The van der Waals surface area contributed by atoms with Gasteiger partial charge in [0.1, 0.15) is 0 Å². The first-order chi connectivity index (χ1) is 10.1. The molecule has 0 spiro atoms. The summed E-state index contributed by atoms with van der Waals surface area (Å²) < 4.78 is 5.31. The minimum atomic E-state index is 0.110. The fourth-order valence-electron chi connectivity index (χ4n) is 2.89. The van der Waals surface area contributed by atoms with E-state index in [4.69, 9.17) is 4.74 Å². The molecule has 0 radical (unpaired) electrons. The molecule has 116 valence electrons. The molecule has 21 heavy (non-hydrogen) atoms. The van der Waals surface area contributed by atoms with Gasteiger partial charge in [-0.25, -0.2) is 0 Å². The molecule has 1 saturated heterocycles. The molecule has 1 fully saturated rings. The highest BCUT2D eigenvalue weighted by atomic mass is 16.5. The van der Waals surface area contributed by atoms with Crippen LogP contribution in [0.2, 0.25) is 0 Å². The molecule has 0 aromatic heterocycles. The van der Waals surface area contributed by atoms with Crippen molar-refractivity contribution in [2.45, 2.75) is 27.2 Å². The predicted octanol–water partition coefficient (Wildman–Crippen LogP) is 1.60. The Balaban J connectivity index is 1.79. The highest BCUT2D eigenvalue weighted by molar-refractivity contribution is 5.79. The lowest BCUT2D eigenvalue weighted by atomic mass is 9.97. The fourth-order valence-corrected chi connectivity index (χ4v) is 2.89. The second kappa shape index (κ2) is 7.57. The molecule has 1 aromatic rings. The second-order valence-corrected chi connectivity index (χ2v) is 5.86. The maximum Gasteiger partial charge on any atom is 0.224 e. The van der Waals surface area contributed by atoms with Crippen LogP contribution in [-0.4, -0.2) is 50.2 Å². The molecule has 2 rings (SSSR count). The van der Waals surface area contributed by atoms with Crippen molar-refractivity contribution in [3.63, 3.8) is 0 Å². The highest BCUT2D eigenvalue weighted by Crippen LogP contribution is 2.16. The zero-order chi connectivity index (χ0) is 15.2. The Labute approximate surface area is 127 Å². The molecular formula is C17H26N2O2. The highest BCUT2D eigenvalue weighted by Gasteiger charge is 2.12. The second-order valence-electron chi connectivity index (χ2n) is 5.86. The summed E-state index contributed by atoms with van der Waals surface area (Å²) in [5, 5.41) is 3.03. The maximum absolute atomic E-state index is 12.1. The van der Waals surface area contributed by atoms with Gasteiger partial charge in [0.05, 0.1) is 19.6 Å². The van der Waals surface area contributed by atoms with Crippen molar-refractivity contribution in [1.29, 1.82) is 0 Å². The van der Waals surface area contributed by atoms with Crippen LogP contribution in [0.1, 0.15) is 22.3 Å². The van der Waals surface area contributed by atoms with Gasteiger partial charge in [-0.15, -0.1) is 0 Å². The Kier molecular flexibility index (Phi) is 5.76. The molecule has 1 N–H and O–H groups in total. The van der Waals surface area contributed by atoms with Crippen molar-refractivity contribution in [2.24, 2.45) is 0 Å². The molecule has 4 nitrogen and oxygen atoms in total. The third-order valence-electron chi connectivity index (χ3n) is 4.03. The summed E-state index contributed by atoms with van der Waals surface area (Å²) in [6.45, 7) is 11.4. The van der Waals surface area contributed by atoms with E-state index in [0.29, 0.717) is 13.0 Å². The summed E-state index contributed by atoms with van der Waals surface area (Å²) in [7, 11) is 0. The molecule has 1 amide bonds. The number of rotatable bonds is 5. The smallest absolute Gasteiger partial charge is 0.224 e. The van der Waals surface area contributed by atoms with Crippen LogP contribution in [0.25, 0.3) is 0 Å². The van der Waals surface area contributed by atoms with Crippen LogP contribution < -0.4 is 5.32 Å². The Morgan fingerprint density at radius 3 is 2.43 bits per heavy atom. The number of aryl methyl sites for hydroxylation is 3. The summed E-state index contributed by atoms with van der Waals surface area (Å²) in [5.74, 6) is 0.110. The standard InChI is InChI=1S/C17H26N2O2/c1-13-10-14(2)16(15(3)11-13)12-17(20)18-4-5-19-6-8-21-9-7-19/h10-11H,4-9,12H2,1-3H3,(H,18,20). The molecule has 0 unspecified atom stereocenters. The summed E-state index contributed by atoms with van der Waals surface area (Å²) in [5.41, 5.74) is 4.82. The molecule has 1 aliphatic heterocycles. The summed E-state index contributed by atoms with van der Waals surface area (Å²) in [4.78, 5) is 14.4. The van der Waals surface area contributed by atoms with E-state index >= 15 is 0 Å². The number of morpholine rings is 1. The van der Waals surface area contributed by atoms with Gasteiger partial charge in [0.2, 0.25) is 5.91 Å². The molecule has 4 heteroatoms. The molecule has 0 saturated carbocycles. The normalized spacial score (nSPS) is 16.0. The van der Waals surface area contributed by atoms with E-state index in [1.54, 1.807) is 0 Å². The first kappa shape index (κ1) is 16.0. The van der Waals surface area contributed by atoms with Gasteiger partial charge in [-0.2, -0.15) is 0 Å². The third-order valence-corrected chi connectivity index (χ3v) is 4.03. The van der Waals surface area contributed by atoms with Crippen LogP contribution in [0.3, 0.4) is 0 Å². The van der Waals surface area contributed by atoms with Crippen molar-refractivity contribution >= 4 is 5.91 Å². The molecule has 1 heterocycles. The molecule has 1 aromatic carbocycles. The monoisotopic (exact) mass is 290 g/mol. The van der Waals surface area contributed by atoms with Gasteiger partial charge in [-0.05, 0) is 37.5 Å². The van der Waals surface area contributed by atoms with Gasteiger partial charge in [0.15, 0.2) is 0 Å². The number of carbonyl (C=O) groups excluding carboxylic acids is 1. The zero-order valence-corrected chi connectivity index (χ0v) is 13.4. The van der Waals surface area contributed by atoms with Crippen molar-refractivity contribution < 1.29 is 9.53 Å². The van der Waals surface area contributed by atoms with Crippen molar-refractivity contribution in [3.8, 4) is 0 Å². The number of ether oxygens (including phenoxy) is 1. The van der Waals surface area contributed by atoms with Crippen LogP contribution in [0.15, 0.2) is 12.1 Å². The van der Waals surface area contributed by atoms with E-state index < -0.39 is 0 Å². The minimum Gasteiger partial charge on any atom is -0.379 e. The van der Waals surface area contributed by atoms with Crippen molar-refractivity contribution in [2.75, 3.05) is 39.4 Å². The summed E-state index contributed by atoms with van der Waals surface area (Å²) in [6.07, 6.45) is 0.473. The summed E-state index contributed by atoms with van der Waals surface area (Å²) in [6, 6.07) is 4.28. The number of nitrogens with zero attached hydrogens (tertiary/aromatic N) is 1. The van der Waals surface area contributed by atoms with Gasteiger partial charge in [-0.3, -0.25) is 9.69 Å². The van der Waals surface area contributed by atoms with E-state index in [-0.39, 0.29) is 5.91 Å². The number of hydrogen-bond acceptors (Lipinski definition) is 3. The molecule has 0 bridgehead atoms. The van der Waals surface area contributed by atoms with Gasteiger partial charge in [-0.1, -0.05) is 17.7 Å². The number of amides is 1. The van der Waals surface area contributed by atoms with E-state index in [1.165, 1.54) is 16.7 Å². The fraction of sp³-hybridized carbons (Fsp3) is 0.588. The first-order valence-corrected chi connectivity index (χ1v) is 7.70. The topological polar surface area (TPSA) is 41.6 Å². The number of benzene rings is 1. The Morgan fingerprint density at radius 2 is 1.81 bits per heavy atom. The van der Waals surface area contributed by atoms with Gasteiger partial charge in [0.25, 0.3) is 0 Å². The molecule has 0 aliphatic carbocycles. The molecule has 1 aliphatic rings. The van der Waals surface area contributed by atoms with E-state index in [2.05, 4.69) is 43.1 Å². The van der Waals surface area contributed by atoms with Crippen LogP contribution in [-0.2, 0) is 16.0 Å². The molecular weight excluding hydrogens is 264 g/mol. The zero-order valence-electron chi connectivity index (χ0n) is 13.4. The number of carbonyl (C=O) groups is 1. The van der Waals surface area contributed by atoms with Crippen LogP contribution >= 0.6 is 0 Å². The van der Waals surface area contributed by atoms with E-state index in [0.717, 1.165) is 38.4 Å².